The number of piperidine rings is 1. The molecule has 1 amide bonds. The van der Waals surface area contributed by atoms with E-state index in [1.807, 2.05) is 0 Å². The van der Waals surface area contributed by atoms with Crippen molar-refractivity contribution in [1.82, 2.24) is 4.90 Å². The van der Waals surface area contributed by atoms with E-state index in [-0.39, 0.29) is 35.3 Å². The molecule has 2 saturated heterocycles. The van der Waals surface area contributed by atoms with Crippen molar-refractivity contribution in [3.63, 3.8) is 0 Å². The molecular weight excluding hydrogens is 355 g/mol. The van der Waals surface area contributed by atoms with Gasteiger partial charge >= 0.3 is 0 Å². The van der Waals surface area contributed by atoms with Crippen molar-refractivity contribution >= 4 is 5.91 Å². The SMILES string of the molecule is COc1c(F)cc(C(=O)N2[C@@H]3CC[C@H]2CC(c2ccc(F)cc2)C3)cc1F. The first-order chi connectivity index (χ1) is 13.0. The van der Waals surface area contributed by atoms with E-state index >= 15 is 0 Å². The molecule has 2 aliphatic heterocycles. The number of nitrogens with zero attached hydrogens (tertiary/aromatic N) is 1. The summed E-state index contributed by atoms with van der Waals surface area (Å²) in [6.45, 7) is 0. The number of carbonyl (C=O) groups excluding carboxylic acids is 1. The van der Waals surface area contributed by atoms with E-state index in [2.05, 4.69) is 4.74 Å². The predicted octanol–water partition coefficient (Wildman–Crippen LogP) is 4.66. The van der Waals surface area contributed by atoms with Crippen LogP contribution in [0.4, 0.5) is 13.2 Å². The van der Waals surface area contributed by atoms with Crippen molar-refractivity contribution in [1.29, 1.82) is 0 Å². The van der Waals surface area contributed by atoms with Crippen LogP contribution in [-0.2, 0) is 0 Å². The molecule has 0 aliphatic carbocycles. The van der Waals surface area contributed by atoms with Crippen LogP contribution in [0.2, 0.25) is 0 Å². The topological polar surface area (TPSA) is 29.5 Å². The number of amides is 1. The van der Waals surface area contributed by atoms with Gasteiger partial charge in [-0.1, -0.05) is 12.1 Å². The zero-order chi connectivity index (χ0) is 19.1. The lowest BCUT2D eigenvalue weighted by atomic mass is 9.85. The minimum atomic E-state index is -0.880. The molecular formula is C21H20F3NO2. The van der Waals surface area contributed by atoms with Crippen LogP contribution in [0.3, 0.4) is 0 Å². The normalized spacial score (nSPS) is 24.1. The summed E-state index contributed by atoms with van der Waals surface area (Å²) in [7, 11) is 1.18. The fraction of sp³-hybridized carbons (Fsp3) is 0.381. The molecule has 2 aromatic rings. The molecule has 2 aromatic carbocycles. The van der Waals surface area contributed by atoms with Gasteiger partial charge in [-0.3, -0.25) is 4.79 Å². The number of halogens is 3. The summed E-state index contributed by atoms with van der Waals surface area (Å²) in [6.07, 6.45) is 3.29. The average molecular weight is 375 g/mol. The summed E-state index contributed by atoms with van der Waals surface area (Å²) in [5, 5.41) is 0. The monoisotopic (exact) mass is 375 g/mol. The third kappa shape index (κ3) is 3.17. The van der Waals surface area contributed by atoms with E-state index in [0.29, 0.717) is 0 Å². The van der Waals surface area contributed by atoms with Gasteiger partial charge in [0.25, 0.3) is 5.91 Å². The van der Waals surface area contributed by atoms with Gasteiger partial charge in [0.1, 0.15) is 5.82 Å². The molecule has 0 aromatic heterocycles. The van der Waals surface area contributed by atoms with Gasteiger partial charge in [-0.15, -0.1) is 0 Å². The number of ether oxygens (including phenoxy) is 1. The highest BCUT2D eigenvalue weighted by atomic mass is 19.1. The van der Waals surface area contributed by atoms with Crippen LogP contribution >= 0.6 is 0 Å². The number of carbonyl (C=O) groups is 1. The summed E-state index contributed by atoms with van der Waals surface area (Å²) >= 11 is 0. The standard InChI is InChI=1S/C21H20F3NO2/c1-27-20-18(23)10-14(11-19(20)24)21(26)25-16-6-7-17(25)9-13(8-16)12-2-4-15(22)5-3-12/h2-5,10-11,13,16-17H,6-9H2,1H3/t13?,16-,17+. The molecule has 142 valence electrons. The zero-order valence-corrected chi connectivity index (χ0v) is 14.9. The number of methoxy groups -OCH3 is 1. The summed E-state index contributed by atoms with van der Waals surface area (Å²) in [5.41, 5.74) is 1.07. The van der Waals surface area contributed by atoms with Crippen molar-refractivity contribution in [2.24, 2.45) is 0 Å². The Morgan fingerprint density at radius 2 is 1.56 bits per heavy atom. The van der Waals surface area contributed by atoms with Gasteiger partial charge in [-0.2, -0.15) is 0 Å². The molecule has 0 spiro atoms. The van der Waals surface area contributed by atoms with E-state index in [1.54, 1.807) is 17.0 Å². The molecule has 4 rings (SSSR count). The molecule has 3 nitrogen and oxygen atoms in total. The van der Waals surface area contributed by atoms with Crippen molar-refractivity contribution in [3.05, 3.63) is 65.0 Å². The Morgan fingerprint density at radius 1 is 1.00 bits per heavy atom. The van der Waals surface area contributed by atoms with Crippen molar-refractivity contribution < 1.29 is 22.7 Å². The van der Waals surface area contributed by atoms with Crippen LogP contribution in [-0.4, -0.2) is 30.0 Å². The molecule has 27 heavy (non-hydrogen) atoms. The lowest BCUT2D eigenvalue weighted by molar-refractivity contribution is 0.0570. The Balaban J connectivity index is 1.56. The van der Waals surface area contributed by atoms with E-state index in [9.17, 15) is 18.0 Å². The molecule has 2 heterocycles. The lowest BCUT2D eigenvalue weighted by Gasteiger charge is -2.39. The van der Waals surface area contributed by atoms with E-state index in [1.165, 1.54) is 19.2 Å². The smallest absolute Gasteiger partial charge is 0.254 e. The third-order valence-electron chi connectivity index (χ3n) is 5.76. The lowest BCUT2D eigenvalue weighted by Crippen LogP contribution is -2.46. The van der Waals surface area contributed by atoms with Crippen molar-refractivity contribution in [3.8, 4) is 5.75 Å². The van der Waals surface area contributed by atoms with Crippen LogP contribution < -0.4 is 4.74 Å². The average Bonchev–Trinajstić information content (AvgIpc) is 2.91. The molecule has 2 bridgehead atoms. The fourth-order valence-electron chi connectivity index (χ4n) is 4.54. The third-order valence-corrected chi connectivity index (χ3v) is 5.76. The van der Waals surface area contributed by atoms with Crippen LogP contribution in [0.15, 0.2) is 36.4 Å². The van der Waals surface area contributed by atoms with E-state index < -0.39 is 17.4 Å². The molecule has 6 heteroatoms. The predicted molar refractivity (Wildman–Crippen MR) is 94.3 cm³/mol. The molecule has 0 saturated carbocycles. The van der Waals surface area contributed by atoms with Crippen LogP contribution in [0, 0.1) is 17.5 Å². The fourth-order valence-corrected chi connectivity index (χ4v) is 4.54. The summed E-state index contributed by atoms with van der Waals surface area (Å²) in [4.78, 5) is 14.7. The maximum absolute atomic E-state index is 14.0. The minimum absolute atomic E-state index is 0.00271. The first-order valence-corrected chi connectivity index (χ1v) is 9.09. The molecule has 2 aliphatic rings. The number of hydrogen-bond acceptors (Lipinski definition) is 2. The first-order valence-electron chi connectivity index (χ1n) is 9.09. The zero-order valence-electron chi connectivity index (χ0n) is 14.9. The van der Waals surface area contributed by atoms with E-state index in [4.69, 9.17) is 0 Å². The van der Waals surface area contributed by atoms with Crippen LogP contribution in [0.1, 0.15) is 47.5 Å². The Kier molecular flexibility index (Phi) is 4.58. The van der Waals surface area contributed by atoms with Gasteiger partial charge in [-0.05, 0) is 61.4 Å². The number of rotatable bonds is 3. The second-order valence-corrected chi connectivity index (χ2v) is 7.29. The Morgan fingerprint density at radius 3 is 2.07 bits per heavy atom. The summed E-state index contributed by atoms with van der Waals surface area (Å²) in [5.74, 6) is -2.59. The summed E-state index contributed by atoms with van der Waals surface area (Å²) < 4.78 is 45.8. The minimum Gasteiger partial charge on any atom is -0.491 e. The Bertz CT molecular complexity index is 831. The first kappa shape index (κ1) is 17.9. The molecule has 1 unspecified atom stereocenters. The maximum Gasteiger partial charge on any atom is 0.254 e. The van der Waals surface area contributed by atoms with Crippen LogP contribution in [0.25, 0.3) is 0 Å². The molecule has 2 fully saturated rings. The second-order valence-electron chi connectivity index (χ2n) is 7.29. The second kappa shape index (κ2) is 6.91. The maximum atomic E-state index is 14.0. The number of fused-ring (bicyclic) bond motifs is 2. The largest absolute Gasteiger partial charge is 0.491 e. The van der Waals surface area contributed by atoms with Gasteiger partial charge in [0.15, 0.2) is 17.4 Å². The Labute approximate surface area is 155 Å². The van der Waals surface area contributed by atoms with Crippen molar-refractivity contribution in [2.75, 3.05) is 7.11 Å². The Hall–Kier alpha value is -2.50. The summed E-state index contributed by atoms with van der Waals surface area (Å²) in [6, 6.07) is 8.64. The van der Waals surface area contributed by atoms with E-state index in [0.717, 1.165) is 43.4 Å². The highest BCUT2D eigenvalue weighted by Crippen LogP contribution is 2.43. The van der Waals surface area contributed by atoms with Gasteiger partial charge in [-0.25, -0.2) is 13.2 Å². The molecule has 0 N–H and O–H groups in total. The quantitative estimate of drug-likeness (QED) is 0.781. The van der Waals surface area contributed by atoms with Crippen molar-refractivity contribution in [2.45, 2.75) is 43.7 Å². The number of hydrogen-bond donors (Lipinski definition) is 0. The highest BCUT2D eigenvalue weighted by Gasteiger charge is 2.44. The van der Waals surface area contributed by atoms with Gasteiger partial charge in [0.05, 0.1) is 7.11 Å². The van der Waals surface area contributed by atoms with Crippen LogP contribution in [0.5, 0.6) is 5.75 Å². The van der Waals surface area contributed by atoms with Gasteiger partial charge in [0.2, 0.25) is 0 Å². The highest BCUT2D eigenvalue weighted by molar-refractivity contribution is 5.95. The number of benzene rings is 2. The molecule has 3 atom stereocenters. The van der Waals surface area contributed by atoms with Gasteiger partial charge in [0, 0.05) is 17.6 Å². The van der Waals surface area contributed by atoms with Gasteiger partial charge < -0.3 is 9.64 Å². The molecule has 0 radical (unpaired) electrons.